The van der Waals surface area contributed by atoms with Crippen LogP contribution < -0.4 is 0 Å². The van der Waals surface area contributed by atoms with E-state index in [1.165, 1.54) is 39.8 Å². The molecule has 14 heteroatoms. The number of esters is 6. The molecule has 46 heavy (non-hydrogen) atoms. The second-order valence-electron chi connectivity index (χ2n) is 12.4. The SMILES string of the molecule is C=C1[C@@H](OC(C)=O)[C@H]2[C@@H](OC(C)=O)[C@](C)(OC(C)=O)C[C@]2(OC(C)=O)C(=O)[C@H](C)/C=C/C(C)(C)C(=O)[C@@H](OC(C)=O)[C@H]1OC(C)=O. The fourth-order valence-corrected chi connectivity index (χ4v) is 6.20. The summed E-state index contributed by atoms with van der Waals surface area (Å²) < 4.78 is 33.7. The Morgan fingerprint density at radius 3 is 1.59 bits per heavy atom. The highest BCUT2D eigenvalue weighted by molar-refractivity contribution is 5.95. The Morgan fingerprint density at radius 2 is 1.13 bits per heavy atom. The Morgan fingerprint density at radius 1 is 0.674 bits per heavy atom. The number of allylic oxidation sites excluding steroid dienone is 2. The van der Waals surface area contributed by atoms with Gasteiger partial charge in [0.15, 0.2) is 35.0 Å². The summed E-state index contributed by atoms with van der Waals surface area (Å²) in [6, 6.07) is 0. The van der Waals surface area contributed by atoms with E-state index in [9.17, 15) is 38.4 Å². The molecule has 0 heterocycles. The highest BCUT2D eigenvalue weighted by Crippen LogP contribution is 2.54. The smallest absolute Gasteiger partial charge is 0.303 e. The van der Waals surface area contributed by atoms with Gasteiger partial charge in [-0.05, 0) is 20.8 Å². The maximum atomic E-state index is 14.6. The summed E-state index contributed by atoms with van der Waals surface area (Å²) in [5.74, 6) is -9.97. The predicted molar refractivity (Wildman–Crippen MR) is 156 cm³/mol. The second-order valence-corrected chi connectivity index (χ2v) is 12.4. The zero-order valence-corrected chi connectivity index (χ0v) is 27.7. The van der Waals surface area contributed by atoms with Gasteiger partial charge in [0, 0.05) is 64.9 Å². The summed E-state index contributed by atoms with van der Waals surface area (Å²) in [5.41, 5.74) is -6.07. The lowest BCUT2D eigenvalue weighted by atomic mass is 9.72. The van der Waals surface area contributed by atoms with Crippen LogP contribution in [0.4, 0.5) is 0 Å². The van der Waals surface area contributed by atoms with E-state index in [1.807, 2.05) is 0 Å². The minimum absolute atomic E-state index is 0.392. The molecule has 0 aliphatic heterocycles. The summed E-state index contributed by atoms with van der Waals surface area (Å²) in [6.07, 6.45) is -5.02. The molecule has 2 aliphatic carbocycles. The van der Waals surface area contributed by atoms with Gasteiger partial charge in [-0.2, -0.15) is 0 Å². The first-order valence-electron chi connectivity index (χ1n) is 14.5. The molecule has 1 saturated carbocycles. The molecular formula is C32H42O14. The first kappa shape index (κ1) is 37.8. The predicted octanol–water partition coefficient (Wildman–Crippen LogP) is 2.28. The molecule has 0 spiro atoms. The van der Waals surface area contributed by atoms with E-state index in [0.717, 1.165) is 41.5 Å². The van der Waals surface area contributed by atoms with Crippen LogP contribution in [0.5, 0.6) is 0 Å². The van der Waals surface area contributed by atoms with Gasteiger partial charge in [-0.15, -0.1) is 0 Å². The molecule has 0 unspecified atom stereocenters. The average molecular weight is 651 g/mol. The van der Waals surface area contributed by atoms with E-state index in [1.54, 1.807) is 0 Å². The van der Waals surface area contributed by atoms with Crippen molar-refractivity contribution in [2.75, 3.05) is 0 Å². The standard InChI is InChI=1S/C32H42O14/c1-15-12-13-30(9,10)28(40)26(43-19(5)35)25(42-18(4)34)16(2)24(41-17(3)33)23-29(44-20(6)36)31(11,45-21(7)37)14-32(23,27(15)39)46-22(8)38/h12-13,15,23-26,29H,2,14H2,1,3-11H3/b13-12+/t15-,23+,24-,25+,26+,29-,31-,32-/m1/s1. The number of ether oxygens (including phenoxy) is 6. The number of ketones is 2. The lowest BCUT2D eigenvalue weighted by Crippen LogP contribution is -2.58. The van der Waals surface area contributed by atoms with Gasteiger partial charge < -0.3 is 28.4 Å². The van der Waals surface area contributed by atoms with Gasteiger partial charge in [-0.1, -0.05) is 25.7 Å². The normalized spacial score (nSPS) is 33.2. The van der Waals surface area contributed by atoms with Crippen LogP contribution >= 0.6 is 0 Å². The molecule has 8 atom stereocenters. The van der Waals surface area contributed by atoms with Gasteiger partial charge in [0.1, 0.15) is 6.10 Å². The number of carbonyl (C=O) groups is 8. The van der Waals surface area contributed by atoms with Crippen molar-refractivity contribution < 1.29 is 66.8 Å². The topological polar surface area (TPSA) is 192 Å². The van der Waals surface area contributed by atoms with E-state index in [4.69, 9.17) is 28.4 Å². The summed E-state index contributed by atoms with van der Waals surface area (Å²) in [5, 5.41) is 0. The van der Waals surface area contributed by atoms with Crippen LogP contribution in [0.1, 0.15) is 75.7 Å². The lowest BCUT2D eigenvalue weighted by molar-refractivity contribution is -0.191. The van der Waals surface area contributed by atoms with E-state index >= 15 is 0 Å². The molecule has 0 N–H and O–H groups in total. The summed E-state index contributed by atoms with van der Waals surface area (Å²) in [6.45, 7) is 15.9. The number of hydrogen-bond donors (Lipinski definition) is 0. The Bertz CT molecular complexity index is 1360. The molecule has 0 aromatic heterocycles. The molecule has 0 bridgehead atoms. The van der Waals surface area contributed by atoms with E-state index in [-0.39, 0.29) is 0 Å². The number of rotatable bonds is 6. The van der Waals surface area contributed by atoms with Gasteiger partial charge in [0.05, 0.1) is 5.92 Å². The average Bonchev–Trinajstić information content (AvgIpc) is 3.11. The van der Waals surface area contributed by atoms with Crippen molar-refractivity contribution in [3.63, 3.8) is 0 Å². The zero-order chi connectivity index (χ0) is 35.5. The van der Waals surface area contributed by atoms with Gasteiger partial charge in [0.2, 0.25) is 6.10 Å². The van der Waals surface area contributed by atoms with Crippen molar-refractivity contribution in [2.24, 2.45) is 17.3 Å². The zero-order valence-electron chi connectivity index (χ0n) is 27.7. The van der Waals surface area contributed by atoms with Crippen molar-refractivity contribution >= 4 is 47.4 Å². The van der Waals surface area contributed by atoms with Crippen LogP contribution in [-0.2, 0) is 66.8 Å². The van der Waals surface area contributed by atoms with E-state index in [0.29, 0.717) is 0 Å². The number of hydrogen-bond acceptors (Lipinski definition) is 14. The number of fused-ring (bicyclic) bond motifs is 1. The van der Waals surface area contributed by atoms with Crippen LogP contribution in [0.2, 0.25) is 0 Å². The summed E-state index contributed by atoms with van der Waals surface area (Å²) in [4.78, 5) is 104. The summed E-state index contributed by atoms with van der Waals surface area (Å²) >= 11 is 0. The number of Topliss-reactive ketones (excluding diaryl/α,β-unsaturated/α-hetero) is 2. The largest absolute Gasteiger partial charge is 0.458 e. The molecule has 2 rings (SSSR count). The van der Waals surface area contributed by atoms with Gasteiger partial charge in [-0.3, -0.25) is 38.4 Å². The van der Waals surface area contributed by atoms with Crippen LogP contribution in [0, 0.1) is 17.3 Å². The second kappa shape index (κ2) is 14.0. The molecular weight excluding hydrogens is 608 g/mol. The fraction of sp³-hybridized carbons (Fsp3) is 0.625. The van der Waals surface area contributed by atoms with Crippen molar-refractivity contribution in [1.82, 2.24) is 0 Å². The monoisotopic (exact) mass is 650 g/mol. The maximum absolute atomic E-state index is 14.6. The van der Waals surface area contributed by atoms with Gasteiger partial charge in [0.25, 0.3) is 0 Å². The molecule has 0 amide bonds. The van der Waals surface area contributed by atoms with Crippen LogP contribution in [0.15, 0.2) is 24.3 Å². The Labute approximate surface area is 267 Å². The molecule has 0 aromatic carbocycles. The molecule has 2 aliphatic rings. The molecule has 14 nitrogen and oxygen atoms in total. The maximum Gasteiger partial charge on any atom is 0.303 e. The third-order valence-corrected chi connectivity index (χ3v) is 7.81. The molecule has 0 saturated heterocycles. The highest BCUT2D eigenvalue weighted by Gasteiger charge is 2.72. The quantitative estimate of drug-likeness (QED) is 0.231. The van der Waals surface area contributed by atoms with Crippen LogP contribution in [-0.4, -0.2) is 83.0 Å². The fourth-order valence-electron chi connectivity index (χ4n) is 6.20. The Hall–Kier alpha value is -4.36. The molecule has 1 fully saturated rings. The Balaban J connectivity index is 3.21. The lowest BCUT2D eigenvalue weighted by Gasteiger charge is -2.42. The minimum atomic E-state index is -2.34. The third kappa shape index (κ3) is 8.07. The van der Waals surface area contributed by atoms with Crippen molar-refractivity contribution in [3.05, 3.63) is 24.3 Å². The molecule has 0 radical (unpaired) electrons. The van der Waals surface area contributed by atoms with E-state index < -0.39 is 112 Å². The Kier molecular flexibility index (Phi) is 11.5. The van der Waals surface area contributed by atoms with Gasteiger partial charge >= 0.3 is 35.8 Å². The van der Waals surface area contributed by atoms with Crippen LogP contribution in [0.3, 0.4) is 0 Å². The first-order valence-corrected chi connectivity index (χ1v) is 14.5. The molecule has 254 valence electrons. The van der Waals surface area contributed by atoms with Crippen LogP contribution in [0.25, 0.3) is 0 Å². The number of carbonyl (C=O) groups excluding carboxylic acids is 8. The van der Waals surface area contributed by atoms with Crippen molar-refractivity contribution in [1.29, 1.82) is 0 Å². The molecule has 0 aromatic rings. The third-order valence-electron chi connectivity index (χ3n) is 7.81. The van der Waals surface area contributed by atoms with Crippen molar-refractivity contribution in [3.8, 4) is 0 Å². The minimum Gasteiger partial charge on any atom is -0.458 e. The van der Waals surface area contributed by atoms with E-state index in [2.05, 4.69) is 6.58 Å². The van der Waals surface area contributed by atoms with Crippen molar-refractivity contribution in [2.45, 2.75) is 111 Å². The highest BCUT2D eigenvalue weighted by atomic mass is 16.6. The summed E-state index contributed by atoms with van der Waals surface area (Å²) in [7, 11) is 0. The first-order chi connectivity index (χ1) is 21.0. The van der Waals surface area contributed by atoms with Gasteiger partial charge in [-0.25, -0.2) is 0 Å².